The maximum Gasteiger partial charge on any atom is 0.266 e. The molecule has 2 rings (SSSR count). The zero-order valence-electron chi connectivity index (χ0n) is 12.8. The second-order valence-electron chi connectivity index (χ2n) is 4.73. The van der Waals surface area contributed by atoms with E-state index in [0.717, 1.165) is 12.1 Å². The number of carbonyl (C=O) groups is 1. The van der Waals surface area contributed by atoms with Gasteiger partial charge in [-0.3, -0.25) is 4.79 Å². The van der Waals surface area contributed by atoms with Crippen LogP contribution in [0.1, 0.15) is 12.5 Å². The Bertz CT molecular complexity index is 826. The van der Waals surface area contributed by atoms with Crippen molar-refractivity contribution in [1.82, 2.24) is 0 Å². The molecule has 4 nitrogen and oxygen atoms in total. The minimum absolute atomic E-state index is 0.207. The molecule has 0 aliphatic heterocycles. The summed E-state index contributed by atoms with van der Waals surface area (Å²) >= 11 is 0. The van der Waals surface area contributed by atoms with E-state index in [1.54, 1.807) is 30.3 Å². The topological polar surface area (TPSA) is 62.1 Å². The number of anilines is 1. The van der Waals surface area contributed by atoms with Gasteiger partial charge in [-0.05, 0) is 42.8 Å². The molecule has 0 aliphatic rings. The highest BCUT2D eigenvalue weighted by Gasteiger charge is 2.13. The molecule has 0 aromatic heterocycles. The molecule has 0 atom stereocenters. The highest BCUT2D eigenvalue weighted by Crippen LogP contribution is 2.24. The lowest BCUT2D eigenvalue weighted by Crippen LogP contribution is -2.14. The lowest BCUT2D eigenvalue weighted by Gasteiger charge is -2.10. The summed E-state index contributed by atoms with van der Waals surface area (Å²) in [5.41, 5.74) is 0.377. The predicted octanol–water partition coefficient (Wildman–Crippen LogP) is 3.91. The van der Waals surface area contributed by atoms with Crippen molar-refractivity contribution in [2.24, 2.45) is 0 Å². The Hall–Kier alpha value is -3.20. The molecule has 2 aromatic carbocycles. The Kier molecular flexibility index (Phi) is 5.63. The van der Waals surface area contributed by atoms with Gasteiger partial charge >= 0.3 is 0 Å². The fourth-order valence-corrected chi connectivity index (χ4v) is 1.96. The van der Waals surface area contributed by atoms with Crippen LogP contribution in [0, 0.1) is 23.0 Å². The second kappa shape index (κ2) is 7.88. The summed E-state index contributed by atoms with van der Waals surface area (Å²) in [6, 6.07) is 11.6. The summed E-state index contributed by atoms with van der Waals surface area (Å²) in [4.78, 5) is 12.2. The Labute approximate surface area is 138 Å². The van der Waals surface area contributed by atoms with E-state index in [4.69, 9.17) is 10.00 Å². The van der Waals surface area contributed by atoms with Gasteiger partial charge in [0, 0.05) is 0 Å². The molecule has 0 unspecified atom stereocenters. The number of nitrogens with zero attached hydrogens (tertiary/aromatic N) is 1. The molecule has 6 heteroatoms. The van der Waals surface area contributed by atoms with Gasteiger partial charge in [-0.1, -0.05) is 18.2 Å². The zero-order chi connectivity index (χ0) is 17.5. The van der Waals surface area contributed by atoms with Crippen LogP contribution < -0.4 is 10.1 Å². The van der Waals surface area contributed by atoms with E-state index in [2.05, 4.69) is 5.32 Å². The first-order valence-corrected chi connectivity index (χ1v) is 7.15. The van der Waals surface area contributed by atoms with E-state index in [0.29, 0.717) is 18.0 Å². The van der Waals surface area contributed by atoms with Gasteiger partial charge in [-0.25, -0.2) is 8.78 Å². The van der Waals surface area contributed by atoms with Crippen LogP contribution in [-0.2, 0) is 4.79 Å². The smallest absolute Gasteiger partial charge is 0.266 e. The highest BCUT2D eigenvalue weighted by molar-refractivity contribution is 6.10. The number of nitrogens with one attached hydrogen (secondary N) is 1. The second-order valence-corrected chi connectivity index (χ2v) is 4.73. The van der Waals surface area contributed by atoms with Crippen molar-refractivity contribution in [2.45, 2.75) is 6.92 Å². The van der Waals surface area contributed by atoms with Gasteiger partial charge in [0.25, 0.3) is 5.91 Å². The fourth-order valence-electron chi connectivity index (χ4n) is 1.96. The molecule has 122 valence electrons. The first kappa shape index (κ1) is 17.2. The quantitative estimate of drug-likeness (QED) is 0.668. The van der Waals surface area contributed by atoms with Crippen molar-refractivity contribution in [1.29, 1.82) is 5.26 Å². The number of amides is 1. The van der Waals surface area contributed by atoms with Crippen LogP contribution in [0.3, 0.4) is 0 Å². The van der Waals surface area contributed by atoms with Crippen molar-refractivity contribution in [3.63, 3.8) is 0 Å². The third-order valence-electron chi connectivity index (χ3n) is 3.05. The number of rotatable bonds is 5. The third kappa shape index (κ3) is 4.17. The fraction of sp³-hybridized carbons (Fsp3) is 0.111. The van der Waals surface area contributed by atoms with Gasteiger partial charge in [-0.15, -0.1) is 0 Å². The molecule has 0 radical (unpaired) electrons. The summed E-state index contributed by atoms with van der Waals surface area (Å²) in [6.45, 7) is 2.23. The number of hydrogen-bond acceptors (Lipinski definition) is 3. The number of halogens is 2. The Morgan fingerprint density at radius 2 is 2.00 bits per heavy atom. The van der Waals surface area contributed by atoms with Crippen LogP contribution >= 0.6 is 0 Å². The van der Waals surface area contributed by atoms with Gasteiger partial charge in [0.05, 0.1) is 12.3 Å². The standard InChI is InChI=1S/C18H14F2N2O2/c1-2-24-17-6-4-3-5-16(17)22-18(23)13(11-21)9-12-7-8-14(19)15(20)10-12/h3-10H,2H2,1H3,(H,22,23)/b13-9-. The van der Waals surface area contributed by atoms with Crippen LogP contribution in [0.2, 0.25) is 0 Å². The Balaban J connectivity index is 2.25. The molecule has 0 saturated heterocycles. The first-order chi connectivity index (χ1) is 11.5. The molecule has 1 N–H and O–H groups in total. The highest BCUT2D eigenvalue weighted by atomic mass is 19.2. The maximum atomic E-state index is 13.2. The molecule has 0 heterocycles. The predicted molar refractivity (Wildman–Crippen MR) is 86.2 cm³/mol. The normalized spacial score (nSPS) is 10.8. The van der Waals surface area contributed by atoms with Gasteiger partial charge in [0.2, 0.25) is 0 Å². The summed E-state index contributed by atoms with van der Waals surface area (Å²) in [5.74, 6) is -2.25. The van der Waals surface area contributed by atoms with Gasteiger partial charge in [0.1, 0.15) is 17.4 Å². The zero-order valence-corrected chi connectivity index (χ0v) is 12.8. The van der Waals surface area contributed by atoms with E-state index in [9.17, 15) is 13.6 Å². The minimum atomic E-state index is -1.05. The third-order valence-corrected chi connectivity index (χ3v) is 3.05. The summed E-state index contributed by atoms with van der Waals surface area (Å²) < 4.78 is 31.5. The van der Waals surface area contributed by atoms with Gasteiger partial charge < -0.3 is 10.1 Å². The van der Waals surface area contributed by atoms with Gasteiger partial charge in [-0.2, -0.15) is 5.26 Å². The molecule has 24 heavy (non-hydrogen) atoms. The van der Waals surface area contributed by atoms with Crippen LogP contribution in [0.5, 0.6) is 5.75 Å². The number of carbonyl (C=O) groups excluding carboxylic acids is 1. The average molecular weight is 328 g/mol. The SMILES string of the molecule is CCOc1ccccc1NC(=O)/C(C#N)=C\c1ccc(F)c(F)c1. The number of ether oxygens (including phenoxy) is 1. The summed E-state index contributed by atoms with van der Waals surface area (Å²) in [5, 5.41) is 11.7. The molecule has 0 fully saturated rings. The number of hydrogen-bond donors (Lipinski definition) is 1. The summed E-state index contributed by atoms with van der Waals surface area (Å²) in [6.07, 6.45) is 1.18. The first-order valence-electron chi connectivity index (χ1n) is 7.15. The largest absolute Gasteiger partial charge is 0.492 e. The molecule has 0 saturated carbocycles. The van der Waals surface area contributed by atoms with Crippen molar-refractivity contribution in [2.75, 3.05) is 11.9 Å². The molecule has 0 bridgehead atoms. The minimum Gasteiger partial charge on any atom is -0.492 e. The Morgan fingerprint density at radius 3 is 2.67 bits per heavy atom. The molecular formula is C18H14F2N2O2. The average Bonchev–Trinajstić information content (AvgIpc) is 2.57. The maximum absolute atomic E-state index is 13.2. The number of nitriles is 1. The van der Waals surface area contributed by atoms with Crippen LogP contribution in [-0.4, -0.2) is 12.5 Å². The van der Waals surface area contributed by atoms with Crippen LogP contribution in [0.25, 0.3) is 6.08 Å². The van der Waals surface area contributed by atoms with Crippen LogP contribution in [0.4, 0.5) is 14.5 Å². The van der Waals surface area contributed by atoms with E-state index < -0.39 is 17.5 Å². The molecule has 0 aliphatic carbocycles. The van der Waals surface area contributed by atoms with Crippen molar-refractivity contribution in [3.8, 4) is 11.8 Å². The molecular weight excluding hydrogens is 314 g/mol. The van der Waals surface area contributed by atoms with E-state index in [1.807, 2.05) is 6.92 Å². The molecule has 1 amide bonds. The lowest BCUT2D eigenvalue weighted by molar-refractivity contribution is -0.112. The molecule has 0 spiro atoms. The van der Waals surface area contributed by atoms with E-state index >= 15 is 0 Å². The van der Waals surface area contributed by atoms with Gasteiger partial charge in [0.15, 0.2) is 11.6 Å². The lowest BCUT2D eigenvalue weighted by atomic mass is 10.1. The van der Waals surface area contributed by atoms with Crippen LogP contribution in [0.15, 0.2) is 48.0 Å². The van der Waals surface area contributed by atoms with Crippen molar-refractivity contribution < 1.29 is 18.3 Å². The Morgan fingerprint density at radius 1 is 1.25 bits per heavy atom. The van der Waals surface area contributed by atoms with E-state index in [1.165, 1.54) is 12.1 Å². The number of benzene rings is 2. The van der Waals surface area contributed by atoms with Crippen molar-refractivity contribution in [3.05, 3.63) is 65.2 Å². The van der Waals surface area contributed by atoms with E-state index in [-0.39, 0.29) is 11.1 Å². The molecule has 2 aromatic rings. The van der Waals surface area contributed by atoms with Crippen molar-refractivity contribution >= 4 is 17.7 Å². The summed E-state index contributed by atoms with van der Waals surface area (Å²) in [7, 11) is 0. The number of para-hydroxylation sites is 2. The monoisotopic (exact) mass is 328 g/mol.